The molecule has 3 atom stereocenters. The van der Waals surface area contributed by atoms with E-state index in [1.54, 1.807) is 5.57 Å². The van der Waals surface area contributed by atoms with Crippen molar-refractivity contribution in [1.82, 2.24) is 10.2 Å². The lowest BCUT2D eigenvalue weighted by molar-refractivity contribution is 0.290. The Hall–Kier alpha value is -0.340. The second-order valence-electron chi connectivity index (χ2n) is 5.77. The standard InChI is InChI=1S/C14H28N2/c1-11-6-12(2)8-14(7-11)10-15-9-13(3)16(4)5/h6,11,13-15H,7-10H2,1-5H3. The number of rotatable bonds is 5. The SMILES string of the molecule is CC1=CC(C)CC(CNCC(C)N(C)C)C1. The van der Waals surface area contributed by atoms with E-state index in [-0.39, 0.29) is 0 Å². The number of hydrogen-bond acceptors (Lipinski definition) is 2. The van der Waals surface area contributed by atoms with Gasteiger partial charge in [-0.05, 0) is 59.2 Å². The molecule has 0 fully saturated rings. The molecule has 0 heterocycles. The van der Waals surface area contributed by atoms with Crippen molar-refractivity contribution in [3.8, 4) is 0 Å². The van der Waals surface area contributed by atoms with Gasteiger partial charge in [0.25, 0.3) is 0 Å². The molecule has 1 rings (SSSR count). The molecule has 0 amide bonds. The Morgan fingerprint density at radius 2 is 2.19 bits per heavy atom. The van der Waals surface area contributed by atoms with Gasteiger partial charge in [-0.2, -0.15) is 0 Å². The molecule has 1 aliphatic carbocycles. The number of nitrogens with zero attached hydrogens (tertiary/aromatic N) is 1. The number of hydrogen-bond donors (Lipinski definition) is 1. The fourth-order valence-corrected chi connectivity index (χ4v) is 2.52. The summed E-state index contributed by atoms with van der Waals surface area (Å²) in [5, 5.41) is 3.61. The Labute approximate surface area is 101 Å². The smallest absolute Gasteiger partial charge is 0.0186 e. The molecule has 16 heavy (non-hydrogen) atoms. The van der Waals surface area contributed by atoms with Crippen LogP contribution in [-0.2, 0) is 0 Å². The molecule has 0 saturated carbocycles. The van der Waals surface area contributed by atoms with Gasteiger partial charge < -0.3 is 10.2 Å². The molecule has 3 unspecified atom stereocenters. The normalized spacial score (nSPS) is 28.0. The molecule has 0 aromatic heterocycles. The monoisotopic (exact) mass is 224 g/mol. The Morgan fingerprint density at radius 1 is 1.50 bits per heavy atom. The van der Waals surface area contributed by atoms with Crippen LogP contribution in [0, 0.1) is 11.8 Å². The van der Waals surface area contributed by atoms with Crippen molar-refractivity contribution < 1.29 is 0 Å². The van der Waals surface area contributed by atoms with Crippen molar-refractivity contribution >= 4 is 0 Å². The molecule has 0 saturated heterocycles. The van der Waals surface area contributed by atoms with Gasteiger partial charge in [-0.3, -0.25) is 0 Å². The molecule has 1 aliphatic rings. The van der Waals surface area contributed by atoms with Crippen molar-refractivity contribution in [2.24, 2.45) is 11.8 Å². The van der Waals surface area contributed by atoms with Crippen LogP contribution in [-0.4, -0.2) is 38.1 Å². The average molecular weight is 224 g/mol. The molecule has 1 N–H and O–H groups in total. The molecule has 0 aromatic rings. The van der Waals surface area contributed by atoms with Crippen LogP contribution in [0.25, 0.3) is 0 Å². The lowest BCUT2D eigenvalue weighted by atomic mass is 9.84. The third-order valence-corrected chi connectivity index (χ3v) is 3.64. The van der Waals surface area contributed by atoms with Gasteiger partial charge in [0.2, 0.25) is 0 Å². The highest BCUT2D eigenvalue weighted by Gasteiger charge is 2.17. The summed E-state index contributed by atoms with van der Waals surface area (Å²) in [5.41, 5.74) is 1.58. The van der Waals surface area contributed by atoms with E-state index in [0.717, 1.165) is 18.4 Å². The van der Waals surface area contributed by atoms with E-state index in [4.69, 9.17) is 0 Å². The minimum atomic E-state index is 0.623. The van der Waals surface area contributed by atoms with Gasteiger partial charge >= 0.3 is 0 Å². The van der Waals surface area contributed by atoms with Crippen LogP contribution < -0.4 is 5.32 Å². The largest absolute Gasteiger partial charge is 0.315 e. The van der Waals surface area contributed by atoms with Gasteiger partial charge in [0.1, 0.15) is 0 Å². The average Bonchev–Trinajstić information content (AvgIpc) is 2.15. The zero-order chi connectivity index (χ0) is 12.1. The molecule has 94 valence electrons. The van der Waals surface area contributed by atoms with Gasteiger partial charge in [-0.25, -0.2) is 0 Å². The maximum atomic E-state index is 3.61. The summed E-state index contributed by atoms with van der Waals surface area (Å²) in [5.74, 6) is 1.61. The van der Waals surface area contributed by atoms with Crippen molar-refractivity contribution in [2.45, 2.75) is 39.7 Å². The van der Waals surface area contributed by atoms with E-state index < -0.39 is 0 Å². The molecule has 0 aliphatic heterocycles. The first-order valence-corrected chi connectivity index (χ1v) is 6.53. The summed E-state index contributed by atoms with van der Waals surface area (Å²) >= 11 is 0. The van der Waals surface area contributed by atoms with Gasteiger partial charge in [-0.1, -0.05) is 18.6 Å². The summed E-state index contributed by atoms with van der Waals surface area (Å²) in [6, 6.07) is 0.623. The number of likely N-dealkylation sites (N-methyl/N-ethyl adjacent to an activating group) is 1. The zero-order valence-corrected chi connectivity index (χ0v) is 11.6. The fraction of sp³-hybridized carbons (Fsp3) is 0.857. The maximum Gasteiger partial charge on any atom is 0.0186 e. The molecular weight excluding hydrogens is 196 g/mol. The van der Waals surface area contributed by atoms with Crippen LogP contribution >= 0.6 is 0 Å². The quantitative estimate of drug-likeness (QED) is 0.722. The van der Waals surface area contributed by atoms with Crippen LogP contribution in [0.1, 0.15) is 33.6 Å². The Balaban J connectivity index is 2.21. The van der Waals surface area contributed by atoms with Crippen LogP contribution in [0.3, 0.4) is 0 Å². The zero-order valence-electron chi connectivity index (χ0n) is 11.6. The summed E-state index contributed by atoms with van der Waals surface area (Å²) in [7, 11) is 4.28. The van der Waals surface area contributed by atoms with Crippen molar-refractivity contribution in [1.29, 1.82) is 0 Å². The lowest BCUT2D eigenvalue weighted by Crippen LogP contribution is -2.37. The van der Waals surface area contributed by atoms with E-state index in [0.29, 0.717) is 6.04 Å². The minimum Gasteiger partial charge on any atom is -0.315 e. The number of allylic oxidation sites excluding steroid dienone is 2. The highest BCUT2D eigenvalue weighted by atomic mass is 15.1. The molecule has 0 radical (unpaired) electrons. The van der Waals surface area contributed by atoms with E-state index in [1.165, 1.54) is 19.4 Å². The third kappa shape index (κ3) is 4.67. The second-order valence-corrected chi connectivity index (χ2v) is 5.77. The van der Waals surface area contributed by atoms with Crippen molar-refractivity contribution in [3.63, 3.8) is 0 Å². The second kappa shape index (κ2) is 6.41. The molecule has 0 aromatic carbocycles. The van der Waals surface area contributed by atoms with E-state index in [2.05, 4.69) is 51.2 Å². The minimum absolute atomic E-state index is 0.623. The summed E-state index contributed by atoms with van der Waals surface area (Å²) in [6.07, 6.45) is 5.06. The van der Waals surface area contributed by atoms with Gasteiger partial charge in [0.15, 0.2) is 0 Å². The highest BCUT2D eigenvalue weighted by molar-refractivity contribution is 5.06. The molecule has 2 heteroatoms. The van der Waals surface area contributed by atoms with E-state index >= 15 is 0 Å². The van der Waals surface area contributed by atoms with Crippen molar-refractivity contribution in [3.05, 3.63) is 11.6 Å². The molecular formula is C14H28N2. The Kier molecular flexibility index (Phi) is 5.50. The van der Waals surface area contributed by atoms with Gasteiger partial charge in [0.05, 0.1) is 0 Å². The molecule has 0 bridgehead atoms. The topological polar surface area (TPSA) is 15.3 Å². The summed E-state index contributed by atoms with van der Waals surface area (Å²) < 4.78 is 0. The van der Waals surface area contributed by atoms with Gasteiger partial charge in [-0.15, -0.1) is 0 Å². The van der Waals surface area contributed by atoms with Gasteiger partial charge in [0, 0.05) is 12.6 Å². The predicted octanol–water partition coefficient (Wildman–Crippen LogP) is 2.52. The Bertz CT molecular complexity index is 233. The third-order valence-electron chi connectivity index (χ3n) is 3.64. The first kappa shape index (κ1) is 13.7. The van der Waals surface area contributed by atoms with Crippen LogP contribution in [0.2, 0.25) is 0 Å². The fourth-order valence-electron chi connectivity index (χ4n) is 2.52. The van der Waals surface area contributed by atoms with Crippen molar-refractivity contribution in [2.75, 3.05) is 27.2 Å². The summed E-state index contributed by atoms with van der Waals surface area (Å²) in [4.78, 5) is 2.27. The first-order chi connectivity index (χ1) is 7.49. The van der Waals surface area contributed by atoms with E-state index in [9.17, 15) is 0 Å². The van der Waals surface area contributed by atoms with Crippen LogP contribution in [0.5, 0.6) is 0 Å². The lowest BCUT2D eigenvalue weighted by Gasteiger charge is -2.27. The molecule has 0 spiro atoms. The molecule has 2 nitrogen and oxygen atoms in total. The first-order valence-electron chi connectivity index (χ1n) is 6.53. The van der Waals surface area contributed by atoms with Crippen LogP contribution in [0.4, 0.5) is 0 Å². The maximum absolute atomic E-state index is 3.61. The van der Waals surface area contributed by atoms with E-state index in [1.807, 2.05) is 0 Å². The highest BCUT2D eigenvalue weighted by Crippen LogP contribution is 2.27. The Morgan fingerprint density at radius 3 is 2.75 bits per heavy atom. The number of nitrogens with one attached hydrogen (secondary N) is 1. The van der Waals surface area contributed by atoms with Crippen LogP contribution in [0.15, 0.2) is 11.6 Å². The predicted molar refractivity (Wildman–Crippen MR) is 71.7 cm³/mol. The summed E-state index contributed by atoms with van der Waals surface area (Å²) in [6.45, 7) is 9.14.